The van der Waals surface area contributed by atoms with Crippen molar-refractivity contribution in [3.8, 4) is 0 Å². The van der Waals surface area contributed by atoms with Gasteiger partial charge in [-0.05, 0) is 57.2 Å². The molecule has 0 saturated heterocycles. The fourth-order valence-electron chi connectivity index (χ4n) is 3.43. The molecular weight excluding hydrogens is 390 g/mol. The number of thioether (sulfide) groups is 1. The largest absolute Gasteiger partial charge is 0.325 e. The van der Waals surface area contributed by atoms with E-state index < -0.39 is 0 Å². The summed E-state index contributed by atoms with van der Waals surface area (Å²) in [6.45, 7) is 3.39. The Balaban J connectivity index is 1.54. The highest BCUT2D eigenvalue weighted by Gasteiger charge is 2.23. The molecule has 0 fully saturated rings. The molecule has 5 nitrogen and oxygen atoms in total. The summed E-state index contributed by atoms with van der Waals surface area (Å²) in [5.41, 5.74) is 2.59. The summed E-state index contributed by atoms with van der Waals surface area (Å²) in [4.78, 5) is 35.6. The summed E-state index contributed by atoms with van der Waals surface area (Å²) in [5, 5.41) is 4.60. The lowest BCUT2D eigenvalue weighted by atomic mass is 9.97. The van der Waals surface area contributed by atoms with Crippen LogP contribution in [0.25, 0.3) is 10.2 Å². The topological polar surface area (TPSA) is 72.0 Å². The van der Waals surface area contributed by atoms with Gasteiger partial charge in [0.2, 0.25) is 5.91 Å². The van der Waals surface area contributed by atoms with Gasteiger partial charge in [0, 0.05) is 21.5 Å². The molecule has 1 atom stereocenters. The Bertz CT molecular complexity index is 1060. The van der Waals surface area contributed by atoms with Crippen molar-refractivity contribution in [3.63, 3.8) is 0 Å². The van der Waals surface area contributed by atoms with Gasteiger partial charge < -0.3 is 5.32 Å². The minimum atomic E-state index is -0.321. The van der Waals surface area contributed by atoms with E-state index in [2.05, 4.69) is 15.3 Å². The second-order valence-electron chi connectivity index (χ2n) is 6.96. The Labute approximate surface area is 172 Å². The normalized spacial score (nSPS) is 14.5. The molecule has 28 heavy (non-hydrogen) atoms. The predicted molar refractivity (Wildman–Crippen MR) is 114 cm³/mol. The van der Waals surface area contributed by atoms with Crippen molar-refractivity contribution in [3.05, 3.63) is 46.6 Å². The van der Waals surface area contributed by atoms with Crippen LogP contribution >= 0.6 is 23.1 Å². The molecule has 1 aliphatic carbocycles. The van der Waals surface area contributed by atoms with E-state index in [0.29, 0.717) is 11.3 Å². The number of aryl methyl sites for hydroxylation is 2. The quantitative estimate of drug-likeness (QED) is 0.368. The van der Waals surface area contributed by atoms with Crippen molar-refractivity contribution in [1.82, 2.24) is 9.97 Å². The molecule has 0 saturated carbocycles. The third-order valence-corrected chi connectivity index (χ3v) is 7.21. The minimum Gasteiger partial charge on any atom is -0.325 e. The van der Waals surface area contributed by atoms with Crippen LogP contribution in [0.2, 0.25) is 0 Å². The Kier molecular flexibility index (Phi) is 5.46. The number of carbonyl (C=O) groups excluding carboxylic acids is 2. The van der Waals surface area contributed by atoms with Crippen LogP contribution in [-0.2, 0) is 17.6 Å². The number of aromatic nitrogens is 2. The summed E-state index contributed by atoms with van der Waals surface area (Å²) in [6.07, 6.45) is 6.19. The number of ketones is 1. The monoisotopic (exact) mass is 411 g/mol. The molecule has 0 spiro atoms. The Morgan fingerprint density at radius 2 is 2.04 bits per heavy atom. The third kappa shape index (κ3) is 3.82. The van der Waals surface area contributed by atoms with Crippen LogP contribution in [0.4, 0.5) is 5.69 Å². The van der Waals surface area contributed by atoms with Crippen molar-refractivity contribution in [2.45, 2.75) is 49.8 Å². The number of Topliss-reactive ketones (excluding diaryl/α,β-unsaturated/α-hetero) is 1. The summed E-state index contributed by atoms with van der Waals surface area (Å²) in [6, 6.07) is 7.01. The number of thiophene rings is 1. The maximum atomic E-state index is 12.7. The lowest BCUT2D eigenvalue weighted by molar-refractivity contribution is -0.115. The zero-order valence-electron chi connectivity index (χ0n) is 15.8. The first-order valence-electron chi connectivity index (χ1n) is 9.36. The highest BCUT2D eigenvalue weighted by molar-refractivity contribution is 8.00. The molecule has 0 radical (unpaired) electrons. The standard InChI is InChI=1S/C21H21N3O2S2/c1-12(25)14-6-5-7-15(10-14)24-19(26)13(2)27-20-18-16-8-3-4-9-17(16)28-21(18)23-11-22-20/h5-7,10-11,13H,3-4,8-9H2,1-2H3,(H,24,26). The van der Waals surface area contributed by atoms with E-state index in [1.165, 1.54) is 42.0 Å². The number of hydrogen-bond donors (Lipinski definition) is 1. The van der Waals surface area contributed by atoms with Gasteiger partial charge in [0.1, 0.15) is 16.2 Å². The number of benzene rings is 1. The van der Waals surface area contributed by atoms with Crippen LogP contribution < -0.4 is 5.32 Å². The van der Waals surface area contributed by atoms with Gasteiger partial charge in [0.05, 0.1) is 5.25 Å². The van der Waals surface area contributed by atoms with Gasteiger partial charge in [-0.25, -0.2) is 9.97 Å². The number of amides is 1. The lowest BCUT2D eigenvalue weighted by Gasteiger charge is -2.14. The molecule has 1 aromatic carbocycles. The van der Waals surface area contributed by atoms with E-state index in [1.807, 2.05) is 6.92 Å². The van der Waals surface area contributed by atoms with Gasteiger partial charge in [0.15, 0.2) is 5.78 Å². The first-order chi connectivity index (χ1) is 13.5. The van der Waals surface area contributed by atoms with Crippen LogP contribution in [-0.4, -0.2) is 26.9 Å². The van der Waals surface area contributed by atoms with E-state index in [9.17, 15) is 9.59 Å². The summed E-state index contributed by atoms with van der Waals surface area (Å²) in [5.74, 6) is -0.134. The predicted octanol–water partition coefficient (Wildman–Crippen LogP) is 4.89. The molecule has 1 amide bonds. The second-order valence-corrected chi connectivity index (χ2v) is 9.37. The highest BCUT2D eigenvalue weighted by atomic mass is 32.2. The molecule has 2 heterocycles. The average molecular weight is 412 g/mol. The highest BCUT2D eigenvalue weighted by Crippen LogP contribution is 2.40. The summed E-state index contributed by atoms with van der Waals surface area (Å²) >= 11 is 3.22. The Hall–Kier alpha value is -2.25. The Morgan fingerprint density at radius 3 is 2.86 bits per heavy atom. The molecule has 0 aliphatic heterocycles. The first-order valence-corrected chi connectivity index (χ1v) is 11.1. The van der Waals surface area contributed by atoms with Gasteiger partial charge in [-0.3, -0.25) is 9.59 Å². The number of hydrogen-bond acceptors (Lipinski definition) is 6. The maximum Gasteiger partial charge on any atom is 0.237 e. The maximum absolute atomic E-state index is 12.7. The Morgan fingerprint density at radius 1 is 1.21 bits per heavy atom. The van der Waals surface area contributed by atoms with Crippen LogP contribution in [0.1, 0.15) is 47.5 Å². The van der Waals surface area contributed by atoms with Crippen molar-refractivity contribution in [2.24, 2.45) is 0 Å². The van der Waals surface area contributed by atoms with E-state index in [4.69, 9.17) is 0 Å². The van der Waals surface area contributed by atoms with E-state index >= 15 is 0 Å². The molecule has 1 N–H and O–H groups in total. The van der Waals surface area contributed by atoms with Gasteiger partial charge in [-0.1, -0.05) is 23.9 Å². The minimum absolute atomic E-state index is 0.0240. The molecule has 7 heteroatoms. The smallest absolute Gasteiger partial charge is 0.237 e. The molecule has 2 aromatic heterocycles. The first kappa shape index (κ1) is 19.1. The molecule has 0 bridgehead atoms. The fraction of sp³-hybridized carbons (Fsp3) is 0.333. The van der Waals surface area contributed by atoms with Gasteiger partial charge >= 0.3 is 0 Å². The number of anilines is 1. The fourth-order valence-corrected chi connectivity index (χ4v) is 5.67. The number of nitrogens with zero attached hydrogens (tertiary/aromatic N) is 2. The number of carbonyl (C=O) groups is 2. The van der Waals surface area contributed by atoms with E-state index in [1.54, 1.807) is 41.9 Å². The molecule has 144 valence electrons. The molecule has 4 rings (SSSR count). The van der Waals surface area contributed by atoms with Crippen molar-refractivity contribution in [1.29, 1.82) is 0 Å². The number of nitrogens with one attached hydrogen (secondary N) is 1. The molecule has 3 aromatic rings. The summed E-state index contributed by atoms with van der Waals surface area (Å²) < 4.78 is 0. The van der Waals surface area contributed by atoms with Crippen molar-refractivity contribution >= 4 is 50.7 Å². The zero-order chi connectivity index (χ0) is 19.7. The van der Waals surface area contributed by atoms with Crippen molar-refractivity contribution < 1.29 is 9.59 Å². The van der Waals surface area contributed by atoms with E-state index in [-0.39, 0.29) is 16.9 Å². The number of rotatable bonds is 5. The molecule has 1 unspecified atom stereocenters. The number of fused-ring (bicyclic) bond motifs is 3. The van der Waals surface area contributed by atoms with Crippen LogP contribution in [0.15, 0.2) is 35.6 Å². The van der Waals surface area contributed by atoms with Gasteiger partial charge in [-0.2, -0.15) is 0 Å². The van der Waals surface area contributed by atoms with Crippen LogP contribution in [0.3, 0.4) is 0 Å². The zero-order valence-corrected chi connectivity index (χ0v) is 17.5. The van der Waals surface area contributed by atoms with Gasteiger partial charge in [0.25, 0.3) is 0 Å². The van der Waals surface area contributed by atoms with Crippen LogP contribution in [0.5, 0.6) is 0 Å². The average Bonchev–Trinajstić information content (AvgIpc) is 3.07. The molecule has 1 aliphatic rings. The van der Waals surface area contributed by atoms with Gasteiger partial charge in [-0.15, -0.1) is 11.3 Å². The lowest BCUT2D eigenvalue weighted by Crippen LogP contribution is -2.22. The SMILES string of the molecule is CC(=O)c1cccc(NC(=O)C(C)Sc2ncnc3sc4c(c23)CCCC4)c1. The third-order valence-electron chi connectivity index (χ3n) is 4.91. The summed E-state index contributed by atoms with van der Waals surface area (Å²) in [7, 11) is 0. The molecular formula is C21H21N3O2S2. The van der Waals surface area contributed by atoms with E-state index in [0.717, 1.165) is 28.1 Å². The van der Waals surface area contributed by atoms with Crippen molar-refractivity contribution in [2.75, 3.05) is 5.32 Å². The van der Waals surface area contributed by atoms with Crippen LogP contribution in [0, 0.1) is 0 Å². The second kappa shape index (κ2) is 8.01.